The van der Waals surface area contributed by atoms with Gasteiger partial charge in [-0.05, 0) is 35.9 Å². The molecule has 0 bridgehead atoms. The van der Waals surface area contributed by atoms with Crippen LogP contribution in [0.3, 0.4) is 0 Å². The summed E-state index contributed by atoms with van der Waals surface area (Å²) < 4.78 is 15.4. The van der Waals surface area contributed by atoms with Crippen molar-refractivity contribution in [3.8, 4) is 11.5 Å². The number of hydrogen-bond donors (Lipinski definition) is 0. The van der Waals surface area contributed by atoms with Gasteiger partial charge in [-0.25, -0.2) is 4.79 Å². The summed E-state index contributed by atoms with van der Waals surface area (Å²) in [5.41, 5.74) is 2.08. The Hall–Kier alpha value is -3.87. The van der Waals surface area contributed by atoms with Crippen LogP contribution in [-0.2, 0) is 9.53 Å². The minimum Gasteiger partial charge on any atom is -0.493 e. The predicted octanol–water partition coefficient (Wildman–Crippen LogP) is 3.50. The summed E-state index contributed by atoms with van der Waals surface area (Å²) in [5, 5.41) is 0. The lowest BCUT2D eigenvalue weighted by atomic mass is 10.0. The van der Waals surface area contributed by atoms with Crippen molar-refractivity contribution in [2.75, 3.05) is 27.9 Å². The van der Waals surface area contributed by atoms with Gasteiger partial charge in [0.1, 0.15) is 0 Å². The average Bonchev–Trinajstić information content (AvgIpc) is 2.83. The van der Waals surface area contributed by atoms with Crippen molar-refractivity contribution in [1.82, 2.24) is 9.88 Å². The summed E-state index contributed by atoms with van der Waals surface area (Å²) in [7, 11) is 4.49. The van der Waals surface area contributed by atoms with Crippen LogP contribution in [0, 0.1) is 0 Å². The van der Waals surface area contributed by atoms with Crippen LogP contribution in [0.1, 0.15) is 27.7 Å². The van der Waals surface area contributed by atoms with Crippen LogP contribution in [0.5, 0.6) is 11.5 Å². The zero-order valence-electron chi connectivity index (χ0n) is 17.6. The lowest BCUT2D eigenvalue weighted by Gasteiger charge is -2.28. The third-order valence-corrected chi connectivity index (χ3v) is 4.77. The van der Waals surface area contributed by atoms with E-state index in [4.69, 9.17) is 9.47 Å². The highest BCUT2D eigenvalue weighted by Crippen LogP contribution is 2.31. The maximum absolute atomic E-state index is 13.4. The predicted molar refractivity (Wildman–Crippen MR) is 115 cm³/mol. The zero-order chi connectivity index (χ0) is 22.2. The summed E-state index contributed by atoms with van der Waals surface area (Å²) in [6, 6.07) is 19.8. The van der Waals surface area contributed by atoms with Crippen LogP contribution < -0.4 is 9.47 Å². The van der Waals surface area contributed by atoms with Crippen LogP contribution in [0.25, 0.3) is 0 Å². The molecule has 2 aromatic carbocycles. The van der Waals surface area contributed by atoms with Crippen molar-refractivity contribution in [2.45, 2.75) is 6.04 Å². The molecule has 31 heavy (non-hydrogen) atoms. The normalized spacial score (nSPS) is 11.3. The molecule has 0 spiro atoms. The second kappa shape index (κ2) is 10.2. The van der Waals surface area contributed by atoms with E-state index in [1.807, 2.05) is 48.5 Å². The number of pyridine rings is 1. The van der Waals surface area contributed by atoms with Crippen molar-refractivity contribution in [3.63, 3.8) is 0 Å². The van der Waals surface area contributed by atoms with E-state index < -0.39 is 5.97 Å². The third-order valence-electron chi connectivity index (χ3n) is 4.77. The van der Waals surface area contributed by atoms with E-state index in [0.29, 0.717) is 11.3 Å². The number of benzene rings is 2. The molecule has 0 saturated heterocycles. The highest BCUT2D eigenvalue weighted by molar-refractivity contribution is 5.95. The number of amides is 1. The van der Waals surface area contributed by atoms with Crippen LogP contribution in [-0.4, -0.2) is 49.6 Å². The molecule has 0 aliphatic rings. The summed E-state index contributed by atoms with van der Waals surface area (Å²) >= 11 is 0. The molecule has 1 unspecified atom stereocenters. The number of hydrogen-bond acceptors (Lipinski definition) is 6. The molecule has 7 nitrogen and oxygen atoms in total. The summed E-state index contributed by atoms with van der Waals surface area (Å²) in [6.45, 7) is -0.291. The number of methoxy groups -OCH3 is 2. The number of carbonyl (C=O) groups excluding carboxylic acids is 2. The van der Waals surface area contributed by atoms with E-state index in [1.165, 1.54) is 14.2 Å². The molecule has 0 N–H and O–H groups in total. The highest BCUT2D eigenvalue weighted by Gasteiger charge is 2.26. The quantitative estimate of drug-likeness (QED) is 0.519. The van der Waals surface area contributed by atoms with Crippen molar-refractivity contribution in [1.29, 1.82) is 0 Å². The summed E-state index contributed by atoms with van der Waals surface area (Å²) in [6.07, 6.45) is 1.70. The average molecular weight is 420 g/mol. The molecule has 1 amide bonds. The van der Waals surface area contributed by atoms with E-state index in [-0.39, 0.29) is 24.3 Å². The molecular weight excluding hydrogens is 396 g/mol. The van der Waals surface area contributed by atoms with Crippen molar-refractivity contribution in [3.05, 3.63) is 89.7 Å². The van der Waals surface area contributed by atoms with Gasteiger partial charge in [0, 0.05) is 18.8 Å². The Labute approximate surface area is 181 Å². The number of nitrogens with zero attached hydrogens (tertiary/aromatic N) is 2. The van der Waals surface area contributed by atoms with E-state index >= 15 is 0 Å². The summed E-state index contributed by atoms with van der Waals surface area (Å²) in [5.74, 6) is -0.0750. The second-order valence-corrected chi connectivity index (χ2v) is 6.71. The molecule has 3 aromatic rings. The van der Waals surface area contributed by atoms with Crippen LogP contribution >= 0.6 is 0 Å². The van der Waals surface area contributed by atoms with Crippen molar-refractivity contribution < 1.29 is 23.8 Å². The third kappa shape index (κ3) is 5.19. The SMILES string of the molecule is COC(=O)COc1cc(C(=O)N(C)C(c2ccccc2)c2ccccn2)ccc1OC. The monoisotopic (exact) mass is 420 g/mol. The molecule has 1 heterocycles. The molecule has 0 radical (unpaired) electrons. The fraction of sp³-hybridized carbons (Fsp3) is 0.208. The smallest absolute Gasteiger partial charge is 0.343 e. The number of ether oxygens (including phenoxy) is 3. The second-order valence-electron chi connectivity index (χ2n) is 6.71. The molecule has 7 heteroatoms. The van der Waals surface area contributed by atoms with E-state index in [9.17, 15) is 9.59 Å². The lowest BCUT2D eigenvalue weighted by molar-refractivity contribution is -0.142. The van der Waals surface area contributed by atoms with Gasteiger partial charge in [0.15, 0.2) is 18.1 Å². The van der Waals surface area contributed by atoms with Gasteiger partial charge >= 0.3 is 5.97 Å². The first kappa shape index (κ1) is 21.8. The van der Waals surface area contributed by atoms with E-state index in [0.717, 1.165) is 11.3 Å². The van der Waals surface area contributed by atoms with Gasteiger partial charge in [-0.1, -0.05) is 36.4 Å². The standard InChI is InChI=1S/C24H24N2O5/c1-26(23(17-9-5-4-6-10-17)19-11-7-8-14-25-19)24(28)18-12-13-20(29-2)21(15-18)31-16-22(27)30-3/h4-15,23H,16H2,1-3H3. The Kier molecular flexibility index (Phi) is 7.22. The van der Waals surface area contributed by atoms with E-state index in [1.54, 1.807) is 36.3 Å². The minimum absolute atomic E-state index is 0.231. The van der Waals surface area contributed by atoms with Gasteiger partial charge < -0.3 is 19.1 Å². The van der Waals surface area contributed by atoms with Gasteiger partial charge in [0.2, 0.25) is 0 Å². The lowest BCUT2D eigenvalue weighted by Crippen LogP contribution is -2.32. The van der Waals surface area contributed by atoms with Crippen LogP contribution in [0.4, 0.5) is 0 Å². The molecule has 160 valence electrons. The fourth-order valence-electron chi connectivity index (χ4n) is 3.20. The highest BCUT2D eigenvalue weighted by atomic mass is 16.6. The number of rotatable bonds is 8. The molecule has 3 rings (SSSR count). The number of carbonyl (C=O) groups is 2. The van der Waals surface area contributed by atoms with Gasteiger partial charge in [-0.15, -0.1) is 0 Å². The van der Waals surface area contributed by atoms with Gasteiger partial charge in [0.25, 0.3) is 5.91 Å². The summed E-state index contributed by atoms with van der Waals surface area (Å²) in [4.78, 5) is 30.9. The van der Waals surface area contributed by atoms with Crippen molar-refractivity contribution in [2.24, 2.45) is 0 Å². The molecule has 0 aliphatic heterocycles. The Morgan fingerprint density at radius 2 is 1.71 bits per heavy atom. The molecule has 1 atom stereocenters. The van der Waals surface area contributed by atoms with Gasteiger partial charge in [0.05, 0.1) is 26.0 Å². The van der Waals surface area contributed by atoms with E-state index in [2.05, 4.69) is 9.72 Å². The van der Waals surface area contributed by atoms with Gasteiger partial charge in [-0.2, -0.15) is 0 Å². The van der Waals surface area contributed by atoms with Gasteiger partial charge in [-0.3, -0.25) is 9.78 Å². The Morgan fingerprint density at radius 3 is 2.35 bits per heavy atom. The largest absolute Gasteiger partial charge is 0.493 e. The Balaban J connectivity index is 1.93. The van der Waals surface area contributed by atoms with Crippen LogP contribution in [0.15, 0.2) is 72.9 Å². The Bertz CT molecular complexity index is 985. The maximum Gasteiger partial charge on any atom is 0.343 e. The first-order valence-electron chi connectivity index (χ1n) is 9.65. The fourth-order valence-corrected chi connectivity index (χ4v) is 3.20. The molecule has 0 saturated carbocycles. The first-order valence-corrected chi connectivity index (χ1v) is 9.65. The van der Waals surface area contributed by atoms with Crippen LogP contribution in [0.2, 0.25) is 0 Å². The zero-order valence-corrected chi connectivity index (χ0v) is 17.6. The first-order chi connectivity index (χ1) is 15.0. The molecular formula is C24H24N2O5. The number of esters is 1. The van der Waals surface area contributed by atoms with Crippen molar-refractivity contribution >= 4 is 11.9 Å². The maximum atomic E-state index is 13.4. The topological polar surface area (TPSA) is 78.0 Å². The molecule has 0 fully saturated rings. The number of aromatic nitrogens is 1. The molecule has 1 aromatic heterocycles. The molecule has 0 aliphatic carbocycles. The minimum atomic E-state index is -0.532. The Morgan fingerprint density at radius 1 is 0.968 bits per heavy atom.